The summed E-state index contributed by atoms with van der Waals surface area (Å²) in [6, 6.07) is 5.84. The Balaban J connectivity index is 2.08. The van der Waals surface area contributed by atoms with E-state index < -0.39 is 0 Å². The summed E-state index contributed by atoms with van der Waals surface area (Å²) < 4.78 is 16.9. The molecule has 2 rings (SSSR count). The van der Waals surface area contributed by atoms with Gasteiger partial charge >= 0.3 is 0 Å². The Kier molecular flexibility index (Phi) is 4.84. The Morgan fingerprint density at radius 2 is 2.33 bits per heavy atom. The molecule has 1 aliphatic heterocycles. The molecule has 100 valence electrons. The zero-order valence-corrected chi connectivity index (χ0v) is 10.9. The molecule has 0 bridgehead atoms. The maximum absolute atomic E-state index is 5.93. The van der Waals surface area contributed by atoms with Crippen molar-refractivity contribution < 1.29 is 14.2 Å². The van der Waals surface area contributed by atoms with Crippen LogP contribution >= 0.6 is 0 Å². The second-order valence-electron chi connectivity index (χ2n) is 4.43. The molecule has 1 saturated heterocycles. The average molecular weight is 251 g/mol. The number of hydrogen-bond donors (Lipinski definition) is 1. The molecule has 0 amide bonds. The van der Waals surface area contributed by atoms with Gasteiger partial charge in [-0.05, 0) is 12.5 Å². The van der Waals surface area contributed by atoms with Gasteiger partial charge < -0.3 is 19.9 Å². The highest BCUT2D eigenvalue weighted by atomic mass is 16.5. The van der Waals surface area contributed by atoms with Gasteiger partial charge in [0.25, 0.3) is 0 Å². The van der Waals surface area contributed by atoms with Gasteiger partial charge in [-0.2, -0.15) is 0 Å². The molecule has 0 spiro atoms. The number of rotatable bonds is 6. The lowest BCUT2D eigenvalue weighted by atomic mass is 10.2. The molecule has 1 aliphatic rings. The quantitative estimate of drug-likeness (QED) is 0.841. The predicted octanol–water partition coefficient (Wildman–Crippen LogP) is 2.10. The molecule has 1 aromatic carbocycles. The largest absolute Gasteiger partial charge is 0.493 e. The Morgan fingerprint density at radius 3 is 3.00 bits per heavy atom. The van der Waals surface area contributed by atoms with Crippen molar-refractivity contribution >= 4 is 0 Å². The van der Waals surface area contributed by atoms with Crippen LogP contribution in [0.4, 0.5) is 0 Å². The van der Waals surface area contributed by atoms with Crippen LogP contribution in [-0.4, -0.2) is 25.9 Å². The van der Waals surface area contributed by atoms with Gasteiger partial charge in [-0.25, -0.2) is 0 Å². The highest BCUT2D eigenvalue weighted by Gasteiger charge is 2.18. The van der Waals surface area contributed by atoms with Gasteiger partial charge in [0, 0.05) is 24.6 Å². The molecule has 1 heterocycles. The van der Waals surface area contributed by atoms with E-state index in [-0.39, 0.29) is 6.10 Å². The Labute approximate surface area is 108 Å². The van der Waals surface area contributed by atoms with Crippen LogP contribution in [0, 0.1) is 0 Å². The summed E-state index contributed by atoms with van der Waals surface area (Å²) in [5.74, 6) is 1.66. The van der Waals surface area contributed by atoms with Crippen LogP contribution in [0.25, 0.3) is 0 Å². The fourth-order valence-electron chi connectivity index (χ4n) is 1.91. The Hall–Kier alpha value is -1.26. The van der Waals surface area contributed by atoms with Crippen LogP contribution in [0.2, 0.25) is 0 Å². The van der Waals surface area contributed by atoms with Crippen LogP contribution in [0.5, 0.6) is 11.5 Å². The summed E-state index contributed by atoms with van der Waals surface area (Å²) >= 11 is 0. The van der Waals surface area contributed by atoms with Gasteiger partial charge in [-0.3, -0.25) is 0 Å². The van der Waals surface area contributed by atoms with E-state index in [9.17, 15) is 0 Å². The summed E-state index contributed by atoms with van der Waals surface area (Å²) in [6.45, 7) is 4.70. The molecule has 2 N–H and O–H groups in total. The molecule has 0 radical (unpaired) electrons. The van der Waals surface area contributed by atoms with E-state index in [4.69, 9.17) is 19.9 Å². The number of nitrogens with two attached hydrogens (primary N) is 1. The van der Waals surface area contributed by atoms with E-state index in [1.807, 2.05) is 18.2 Å². The minimum Gasteiger partial charge on any atom is -0.493 e. The van der Waals surface area contributed by atoms with Gasteiger partial charge in [0.15, 0.2) is 0 Å². The SMILES string of the molecule is CCCOc1ccc(CN)c(OC2CCOC2)c1. The van der Waals surface area contributed by atoms with E-state index in [1.165, 1.54) is 0 Å². The molecule has 1 aromatic rings. The first kappa shape index (κ1) is 13.2. The predicted molar refractivity (Wildman–Crippen MR) is 70.0 cm³/mol. The van der Waals surface area contributed by atoms with Crippen LogP contribution in [0.3, 0.4) is 0 Å². The summed E-state index contributed by atoms with van der Waals surface area (Å²) in [5, 5.41) is 0. The van der Waals surface area contributed by atoms with Gasteiger partial charge in [-0.15, -0.1) is 0 Å². The van der Waals surface area contributed by atoms with E-state index >= 15 is 0 Å². The molecule has 1 atom stereocenters. The first-order valence-corrected chi connectivity index (χ1v) is 6.53. The zero-order chi connectivity index (χ0) is 12.8. The van der Waals surface area contributed by atoms with Crippen LogP contribution in [-0.2, 0) is 11.3 Å². The smallest absolute Gasteiger partial charge is 0.128 e. The number of ether oxygens (including phenoxy) is 3. The van der Waals surface area contributed by atoms with Crippen molar-refractivity contribution in [2.24, 2.45) is 5.73 Å². The van der Waals surface area contributed by atoms with E-state index in [1.54, 1.807) is 0 Å². The fourth-order valence-corrected chi connectivity index (χ4v) is 1.91. The fraction of sp³-hybridized carbons (Fsp3) is 0.571. The third kappa shape index (κ3) is 3.37. The van der Waals surface area contributed by atoms with Crippen molar-refractivity contribution in [3.05, 3.63) is 23.8 Å². The Bertz CT molecular complexity index is 375. The molecular weight excluding hydrogens is 230 g/mol. The van der Waals surface area contributed by atoms with Gasteiger partial charge in [0.2, 0.25) is 0 Å². The van der Waals surface area contributed by atoms with Crippen molar-refractivity contribution in [3.63, 3.8) is 0 Å². The van der Waals surface area contributed by atoms with Gasteiger partial charge in [-0.1, -0.05) is 13.0 Å². The minimum atomic E-state index is 0.136. The van der Waals surface area contributed by atoms with Crippen molar-refractivity contribution in [3.8, 4) is 11.5 Å². The molecule has 1 fully saturated rings. The van der Waals surface area contributed by atoms with Crippen molar-refractivity contribution in [1.29, 1.82) is 0 Å². The van der Waals surface area contributed by atoms with Crippen molar-refractivity contribution in [2.45, 2.75) is 32.4 Å². The lowest BCUT2D eigenvalue weighted by molar-refractivity contribution is 0.140. The summed E-state index contributed by atoms with van der Waals surface area (Å²) in [7, 11) is 0. The first-order chi connectivity index (χ1) is 8.83. The van der Waals surface area contributed by atoms with E-state index in [0.717, 1.165) is 36.5 Å². The summed E-state index contributed by atoms with van der Waals surface area (Å²) in [5.41, 5.74) is 6.73. The highest BCUT2D eigenvalue weighted by molar-refractivity contribution is 5.40. The van der Waals surface area contributed by atoms with Crippen LogP contribution < -0.4 is 15.2 Å². The molecule has 18 heavy (non-hydrogen) atoms. The second-order valence-corrected chi connectivity index (χ2v) is 4.43. The highest BCUT2D eigenvalue weighted by Crippen LogP contribution is 2.27. The molecular formula is C14H21NO3. The topological polar surface area (TPSA) is 53.7 Å². The minimum absolute atomic E-state index is 0.136. The standard InChI is InChI=1S/C14H21NO3/c1-2-6-17-12-4-3-11(9-15)14(8-12)18-13-5-7-16-10-13/h3-4,8,13H,2,5-7,9-10,15H2,1H3. The third-order valence-electron chi connectivity index (χ3n) is 2.91. The molecule has 1 unspecified atom stereocenters. The normalized spacial score (nSPS) is 18.9. The third-order valence-corrected chi connectivity index (χ3v) is 2.91. The summed E-state index contributed by atoms with van der Waals surface area (Å²) in [4.78, 5) is 0. The van der Waals surface area contributed by atoms with Crippen molar-refractivity contribution in [2.75, 3.05) is 19.8 Å². The first-order valence-electron chi connectivity index (χ1n) is 6.53. The molecule has 0 saturated carbocycles. The Morgan fingerprint density at radius 1 is 1.44 bits per heavy atom. The average Bonchev–Trinajstić information content (AvgIpc) is 2.89. The van der Waals surface area contributed by atoms with Gasteiger partial charge in [0.1, 0.15) is 17.6 Å². The lowest BCUT2D eigenvalue weighted by Crippen LogP contribution is -2.17. The maximum Gasteiger partial charge on any atom is 0.128 e. The molecule has 0 aromatic heterocycles. The second kappa shape index (κ2) is 6.61. The van der Waals surface area contributed by atoms with E-state index in [2.05, 4.69) is 6.92 Å². The lowest BCUT2D eigenvalue weighted by Gasteiger charge is -2.16. The monoisotopic (exact) mass is 251 g/mol. The van der Waals surface area contributed by atoms with Crippen molar-refractivity contribution in [1.82, 2.24) is 0 Å². The summed E-state index contributed by atoms with van der Waals surface area (Å²) in [6.07, 6.45) is 2.06. The maximum atomic E-state index is 5.93. The number of benzene rings is 1. The van der Waals surface area contributed by atoms with E-state index in [0.29, 0.717) is 19.8 Å². The molecule has 4 nitrogen and oxygen atoms in total. The molecule has 4 heteroatoms. The zero-order valence-electron chi connectivity index (χ0n) is 10.9. The van der Waals surface area contributed by atoms with Gasteiger partial charge in [0.05, 0.1) is 19.8 Å². The van der Waals surface area contributed by atoms with Crippen LogP contribution in [0.1, 0.15) is 25.3 Å². The molecule has 0 aliphatic carbocycles. The van der Waals surface area contributed by atoms with Crippen LogP contribution in [0.15, 0.2) is 18.2 Å². The number of hydrogen-bond acceptors (Lipinski definition) is 4.